The Morgan fingerprint density at radius 2 is 1.26 bits per heavy atom. The lowest BCUT2D eigenvalue weighted by atomic mass is 10.0. The predicted octanol–water partition coefficient (Wildman–Crippen LogP) is 4.05. The molecule has 0 saturated carbocycles. The van der Waals surface area contributed by atoms with Crippen LogP contribution in [0.5, 0.6) is 11.5 Å². The molecule has 4 heteroatoms. The molecule has 3 rings (SSSR count). The van der Waals surface area contributed by atoms with E-state index in [4.69, 9.17) is 15.2 Å². The first kappa shape index (κ1) is 19.0. The number of ether oxygens (including phenoxy) is 2. The van der Waals surface area contributed by atoms with Gasteiger partial charge in [0.15, 0.2) is 11.5 Å². The van der Waals surface area contributed by atoms with Gasteiger partial charge in [0.05, 0.1) is 0 Å². The maximum atomic E-state index is 9.90. The van der Waals surface area contributed by atoms with E-state index in [1.54, 1.807) is 6.92 Å². The van der Waals surface area contributed by atoms with Crippen LogP contribution in [-0.4, -0.2) is 10.8 Å². The van der Waals surface area contributed by atoms with Gasteiger partial charge in [-0.2, -0.15) is 0 Å². The van der Waals surface area contributed by atoms with Crippen LogP contribution in [0.3, 0.4) is 0 Å². The Kier molecular flexibility index (Phi) is 6.12. The molecule has 0 aliphatic rings. The molecule has 140 valence electrons. The first-order valence-electron chi connectivity index (χ1n) is 8.97. The zero-order chi connectivity index (χ0) is 19.1. The van der Waals surface area contributed by atoms with Crippen molar-refractivity contribution in [3.8, 4) is 11.5 Å². The number of nitrogens with two attached hydrogens (primary N) is 1. The quantitative estimate of drug-likeness (QED) is 0.593. The van der Waals surface area contributed by atoms with Gasteiger partial charge in [0.1, 0.15) is 18.9 Å². The highest BCUT2D eigenvalue weighted by atomic mass is 16.5. The minimum Gasteiger partial charge on any atom is -0.485 e. The minimum absolute atomic E-state index is 0.327. The van der Waals surface area contributed by atoms with Crippen molar-refractivity contribution in [3.63, 3.8) is 0 Å². The van der Waals surface area contributed by atoms with E-state index >= 15 is 0 Å². The topological polar surface area (TPSA) is 64.7 Å². The summed E-state index contributed by atoms with van der Waals surface area (Å²) in [4.78, 5) is 0. The van der Waals surface area contributed by atoms with Crippen molar-refractivity contribution in [3.05, 3.63) is 95.6 Å². The van der Waals surface area contributed by atoms with Crippen LogP contribution in [0.25, 0.3) is 0 Å². The molecule has 0 bridgehead atoms. The SMILES string of the molecule is CC(N)(O)Cc1ccc(OCc2ccccc2)c(OCc2ccccc2)c1. The summed E-state index contributed by atoms with van der Waals surface area (Å²) in [6.45, 7) is 2.47. The van der Waals surface area contributed by atoms with Crippen LogP contribution in [0.4, 0.5) is 0 Å². The third-order valence-corrected chi connectivity index (χ3v) is 4.04. The highest BCUT2D eigenvalue weighted by Crippen LogP contribution is 2.31. The lowest BCUT2D eigenvalue weighted by Crippen LogP contribution is -2.37. The fourth-order valence-corrected chi connectivity index (χ4v) is 2.78. The summed E-state index contributed by atoms with van der Waals surface area (Å²) < 4.78 is 12.0. The maximum Gasteiger partial charge on any atom is 0.161 e. The fraction of sp³-hybridized carbons (Fsp3) is 0.217. The second kappa shape index (κ2) is 8.71. The second-order valence-corrected chi connectivity index (χ2v) is 6.86. The normalized spacial score (nSPS) is 13.0. The summed E-state index contributed by atoms with van der Waals surface area (Å²) in [5.41, 5.74) is 7.51. The van der Waals surface area contributed by atoms with Gasteiger partial charge in [0.25, 0.3) is 0 Å². The average molecular weight is 363 g/mol. The zero-order valence-corrected chi connectivity index (χ0v) is 15.5. The third-order valence-electron chi connectivity index (χ3n) is 4.04. The Balaban J connectivity index is 1.77. The molecule has 0 aliphatic heterocycles. The van der Waals surface area contributed by atoms with Gasteiger partial charge in [-0.05, 0) is 35.7 Å². The summed E-state index contributed by atoms with van der Waals surface area (Å²) in [6, 6.07) is 25.6. The summed E-state index contributed by atoms with van der Waals surface area (Å²) in [5, 5.41) is 9.90. The molecular formula is C23H25NO3. The molecule has 27 heavy (non-hydrogen) atoms. The lowest BCUT2D eigenvalue weighted by molar-refractivity contribution is 0.0676. The van der Waals surface area contributed by atoms with Gasteiger partial charge in [-0.15, -0.1) is 0 Å². The van der Waals surface area contributed by atoms with E-state index in [9.17, 15) is 5.11 Å². The first-order valence-corrected chi connectivity index (χ1v) is 8.97. The minimum atomic E-state index is -1.27. The van der Waals surface area contributed by atoms with Gasteiger partial charge >= 0.3 is 0 Å². The van der Waals surface area contributed by atoms with Crippen molar-refractivity contribution < 1.29 is 14.6 Å². The highest BCUT2D eigenvalue weighted by molar-refractivity contribution is 5.43. The largest absolute Gasteiger partial charge is 0.485 e. The fourth-order valence-electron chi connectivity index (χ4n) is 2.78. The van der Waals surface area contributed by atoms with Crippen molar-refractivity contribution >= 4 is 0 Å². The van der Waals surface area contributed by atoms with Crippen LogP contribution < -0.4 is 15.2 Å². The van der Waals surface area contributed by atoms with Gasteiger partial charge in [0, 0.05) is 6.42 Å². The molecular weight excluding hydrogens is 338 g/mol. The van der Waals surface area contributed by atoms with E-state index in [2.05, 4.69) is 0 Å². The molecule has 1 unspecified atom stereocenters. The van der Waals surface area contributed by atoms with E-state index in [0.29, 0.717) is 31.1 Å². The number of benzene rings is 3. The smallest absolute Gasteiger partial charge is 0.161 e. The Labute approximate surface area is 160 Å². The molecule has 4 nitrogen and oxygen atoms in total. The summed E-state index contributed by atoms with van der Waals surface area (Å²) in [6.07, 6.45) is 0.327. The second-order valence-electron chi connectivity index (χ2n) is 6.86. The highest BCUT2D eigenvalue weighted by Gasteiger charge is 2.16. The van der Waals surface area contributed by atoms with Crippen molar-refractivity contribution in [2.24, 2.45) is 5.73 Å². The van der Waals surface area contributed by atoms with E-state index in [1.807, 2.05) is 78.9 Å². The maximum absolute atomic E-state index is 9.90. The number of aliphatic hydroxyl groups is 1. The molecule has 3 aromatic carbocycles. The monoisotopic (exact) mass is 363 g/mol. The Hall–Kier alpha value is -2.82. The molecule has 3 N–H and O–H groups in total. The summed E-state index contributed by atoms with van der Waals surface area (Å²) in [7, 11) is 0. The van der Waals surface area contributed by atoms with E-state index in [-0.39, 0.29) is 0 Å². The molecule has 0 amide bonds. The van der Waals surface area contributed by atoms with Crippen molar-refractivity contribution in [2.75, 3.05) is 0 Å². The van der Waals surface area contributed by atoms with Crippen LogP contribution in [0.15, 0.2) is 78.9 Å². The Morgan fingerprint density at radius 1 is 0.741 bits per heavy atom. The molecule has 3 aromatic rings. The molecule has 0 saturated heterocycles. The van der Waals surface area contributed by atoms with E-state index < -0.39 is 5.72 Å². The molecule has 0 radical (unpaired) electrons. The average Bonchev–Trinajstić information content (AvgIpc) is 2.66. The Bertz CT molecular complexity index is 843. The van der Waals surface area contributed by atoms with Crippen molar-refractivity contribution in [2.45, 2.75) is 32.3 Å². The molecule has 0 aliphatic carbocycles. The van der Waals surface area contributed by atoms with Gasteiger partial charge in [-0.25, -0.2) is 0 Å². The van der Waals surface area contributed by atoms with Crippen LogP contribution in [0.1, 0.15) is 23.6 Å². The summed E-state index contributed by atoms with van der Waals surface area (Å²) >= 11 is 0. The van der Waals surface area contributed by atoms with Crippen molar-refractivity contribution in [1.29, 1.82) is 0 Å². The molecule has 0 fully saturated rings. The summed E-state index contributed by atoms with van der Waals surface area (Å²) in [5.74, 6) is 1.30. The first-order chi connectivity index (χ1) is 13.0. The number of hydrogen-bond acceptors (Lipinski definition) is 4. The van der Waals surface area contributed by atoms with Crippen molar-refractivity contribution in [1.82, 2.24) is 0 Å². The molecule has 0 heterocycles. The predicted molar refractivity (Wildman–Crippen MR) is 107 cm³/mol. The van der Waals surface area contributed by atoms with Crippen LogP contribution in [0, 0.1) is 0 Å². The van der Waals surface area contributed by atoms with Crippen LogP contribution in [-0.2, 0) is 19.6 Å². The molecule has 0 spiro atoms. The Morgan fingerprint density at radius 3 is 1.78 bits per heavy atom. The molecule has 0 aromatic heterocycles. The standard InChI is InChI=1S/C23H25NO3/c1-23(24,25)15-20-12-13-21(26-16-18-8-4-2-5-9-18)22(14-20)27-17-19-10-6-3-7-11-19/h2-14,25H,15-17,24H2,1H3. The third kappa shape index (κ3) is 6.13. The molecule has 1 atom stereocenters. The van der Waals surface area contributed by atoms with Gasteiger partial charge in [0.2, 0.25) is 0 Å². The zero-order valence-electron chi connectivity index (χ0n) is 15.5. The number of rotatable bonds is 8. The van der Waals surface area contributed by atoms with Gasteiger partial charge in [-0.1, -0.05) is 66.7 Å². The van der Waals surface area contributed by atoms with E-state index in [1.165, 1.54) is 0 Å². The lowest BCUT2D eigenvalue weighted by Gasteiger charge is -2.19. The van der Waals surface area contributed by atoms with Gasteiger partial charge in [-0.3, -0.25) is 0 Å². The van der Waals surface area contributed by atoms with Gasteiger partial charge < -0.3 is 20.3 Å². The number of hydrogen-bond donors (Lipinski definition) is 2. The van der Waals surface area contributed by atoms with Crippen LogP contribution >= 0.6 is 0 Å². The van der Waals surface area contributed by atoms with E-state index in [0.717, 1.165) is 16.7 Å². The van der Waals surface area contributed by atoms with Crippen LogP contribution in [0.2, 0.25) is 0 Å².